The van der Waals surface area contributed by atoms with E-state index >= 15 is 0 Å². The molecule has 0 aliphatic heterocycles. The molecule has 104 valence electrons. The fraction of sp³-hybridized carbons (Fsp3) is 0.562. The van der Waals surface area contributed by atoms with E-state index in [4.69, 9.17) is 0 Å². The Morgan fingerprint density at radius 1 is 1.47 bits per heavy atom. The number of amides is 1. The molecule has 3 heteroatoms. The molecule has 0 saturated heterocycles. The van der Waals surface area contributed by atoms with Crippen LogP contribution in [-0.4, -0.2) is 35.6 Å². The predicted octanol–water partition coefficient (Wildman–Crippen LogP) is 2.33. The summed E-state index contributed by atoms with van der Waals surface area (Å²) < 4.78 is 0. The van der Waals surface area contributed by atoms with Gasteiger partial charge in [-0.05, 0) is 43.7 Å². The molecule has 1 amide bonds. The number of rotatable bonds is 5. The fourth-order valence-corrected chi connectivity index (χ4v) is 2.59. The lowest BCUT2D eigenvalue weighted by molar-refractivity contribution is -0.131. The first-order chi connectivity index (χ1) is 9.00. The van der Waals surface area contributed by atoms with E-state index in [0.29, 0.717) is 18.9 Å². The first kappa shape index (κ1) is 14.1. The molecule has 1 aliphatic rings. The molecule has 19 heavy (non-hydrogen) atoms. The van der Waals surface area contributed by atoms with Gasteiger partial charge < -0.3 is 10.0 Å². The zero-order chi connectivity index (χ0) is 14.0. The van der Waals surface area contributed by atoms with E-state index in [0.717, 1.165) is 6.42 Å². The SMILES string of the molecule is Cc1ccccc1C1CC1C(=O)N(C)CCC(C)O. The lowest BCUT2D eigenvalue weighted by atomic mass is 10.0. The molecule has 0 spiro atoms. The quantitative estimate of drug-likeness (QED) is 0.883. The molecule has 1 fully saturated rings. The van der Waals surface area contributed by atoms with E-state index in [1.165, 1.54) is 11.1 Å². The molecule has 3 nitrogen and oxygen atoms in total. The Hall–Kier alpha value is -1.35. The zero-order valence-corrected chi connectivity index (χ0v) is 12.0. The summed E-state index contributed by atoms with van der Waals surface area (Å²) in [5, 5.41) is 9.27. The van der Waals surface area contributed by atoms with Crippen molar-refractivity contribution in [3.8, 4) is 0 Å². The van der Waals surface area contributed by atoms with Crippen LogP contribution >= 0.6 is 0 Å². The van der Waals surface area contributed by atoms with Crippen LogP contribution in [0.1, 0.15) is 36.8 Å². The highest BCUT2D eigenvalue weighted by Gasteiger charge is 2.45. The van der Waals surface area contributed by atoms with Gasteiger partial charge in [-0.3, -0.25) is 4.79 Å². The zero-order valence-electron chi connectivity index (χ0n) is 12.0. The van der Waals surface area contributed by atoms with Gasteiger partial charge in [0.25, 0.3) is 0 Å². The lowest BCUT2D eigenvalue weighted by Gasteiger charge is -2.18. The average molecular weight is 261 g/mol. The number of hydrogen-bond donors (Lipinski definition) is 1. The van der Waals surface area contributed by atoms with Crippen molar-refractivity contribution in [1.82, 2.24) is 4.90 Å². The lowest BCUT2D eigenvalue weighted by Crippen LogP contribution is -2.31. The second-order valence-electron chi connectivity index (χ2n) is 5.70. The molecule has 1 aromatic carbocycles. The third kappa shape index (κ3) is 3.35. The van der Waals surface area contributed by atoms with Crippen molar-refractivity contribution in [2.75, 3.05) is 13.6 Å². The van der Waals surface area contributed by atoms with Gasteiger partial charge in [0.2, 0.25) is 5.91 Å². The van der Waals surface area contributed by atoms with E-state index < -0.39 is 0 Å². The van der Waals surface area contributed by atoms with Crippen molar-refractivity contribution in [2.45, 2.75) is 38.7 Å². The normalized spacial score (nSPS) is 22.9. The number of aliphatic hydroxyl groups excluding tert-OH is 1. The van der Waals surface area contributed by atoms with Gasteiger partial charge in [0, 0.05) is 19.5 Å². The highest BCUT2D eigenvalue weighted by Crippen LogP contribution is 2.49. The first-order valence-electron chi connectivity index (χ1n) is 6.99. The highest BCUT2D eigenvalue weighted by molar-refractivity contribution is 5.82. The maximum atomic E-state index is 12.3. The summed E-state index contributed by atoms with van der Waals surface area (Å²) in [7, 11) is 1.83. The van der Waals surface area contributed by atoms with Crippen molar-refractivity contribution < 1.29 is 9.90 Å². The summed E-state index contributed by atoms with van der Waals surface area (Å²) in [6, 6.07) is 8.31. The molecule has 1 aliphatic carbocycles. The first-order valence-corrected chi connectivity index (χ1v) is 6.99. The second-order valence-corrected chi connectivity index (χ2v) is 5.70. The highest BCUT2D eigenvalue weighted by atomic mass is 16.3. The minimum absolute atomic E-state index is 0.139. The van der Waals surface area contributed by atoms with Gasteiger partial charge in [-0.25, -0.2) is 0 Å². The van der Waals surface area contributed by atoms with E-state index in [-0.39, 0.29) is 17.9 Å². The third-order valence-corrected chi connectivity index (χ3v) is 3.95. The largest absolute Gasteiger partial charge is 0.393 e. The summed E-state index contributed by atoms with van der Waals surface area (Å²) in [6.07, 6.45) is 1.26. The maximum Gasteiger partial charge on any atom is 0.226 e. The Morgan fingerprint density at radius 2 is 2.16 bits per heavy atom. The Labute approximate surface area is 115 Å². The molecule has 1 N–H and O–H groups in total. The third-order valence-electron chi connectivity index (χ3n) is 3.95. The van der Waals surface area contributed by atoms with Crippen LogP contribution in [0, 0.1) is 12.8 Å². The monoisotopic (exact) mass is 261 g/mol. The van der Waals surface area contributed by atoms with E-state index in [1.807, 2.05) is 19.2 Å². The Balaban J connectivity index is 1.92. The van der Waals surface area contributed by atoms with Crippen LogP contribution in [0.15, 0.2) is 24.3 Å². The van der Waals surface area contributed by atoms with Crippen LogP contribution < -0.4 is 0 Å². The summed E-state index contributed by atoms with van der Waals surface area (Å²) in [5.74, 6) is 0.747. The summed E-state index contributed by atoms with van der Waals surface area (Å²) >= 11 is 0. The number of aliphatic hydroxyl groups is 1. The number of hydrogen-bond acceptors (Lipinski definition) is 2. The standard InChI is InChI=1S/C16H23NO2/c1-11-6-4-5-7-13(11)14-10-15(14)16(19)17(3)9-8-12(2)18/h4-7,12,14-15,18H,8-10H2,1-3H3. The van der Waals surface area contributed by atoms with Gasteiger partial charge in [0.15, 0.2) is 0 Å². The molecule has 0 heterocycles. The van der Waals surface area contributed by atoms with Crippen molar-refractivity contribution in [1.29, 1.82) is 0 Å². The van der Waals surface area contributed by atoms with Crippen LogP contribution in [0.3, 0.4) is 0 Å². The molecule has 3 unspecified atom stereocenters. The fourth-order valence-electron chi connectivity index (χ4n) is 2.59. The van der Waals surface area contributed by atoms with E-state index in [2.05, 4.69) is 19.1 Å². The molecule has 2 rings (SSSR count). The molecule has 3 atom stereocenters. The van der Waals surface area contributed by atoms with Gasteiger partial charge in [0.05, 0.1) is 6.10 Å². The number of aryl methyl sites for hydroxylation is 1. The van der Waals surface area contributed by atoms with Gasteiger partial charge in [-0.15, -0.1) is 0 Å². The Morgan fingerprint density at radius 3 is 2.79 bits per heavy atom. The Bertz CT molecular complexity index is 456. The topological polar surface area (TPSA) is 40.5 Å². The summed E-state index contributed by atoms with van der Waals surface area (Å²) in [4.78, 5) is 14.0. The number of carbonyl (C=O) groups is 1. The predicted molar refractivity (Wildman–Crippen MR) is 76.0 cm³/mol. The number of carbonyl (C=O) groups excluding carboxylic acids is 1. The average Bonchev–Trinajstić information content (AvgIpc) is 3.15. The van der Waals surface area contributed by atoms with E-state index in [1.54, 1.807) is 11.8 Å². The maximum absolute atomic E-state index is 12.3. The van der Waals surface area contributed by atoms with E-state index in [9.17, 15) is 9.90 Å². The smallest absolute Gasteiger partial charge is 0.226 e. The minimum atomic E-state index is -0.346. The van der Waals surface area contributed by atoms with Crippen LogP contribution in [0.4, 0.5) is 0 Å². The summed E-state index contributed by atoms with van der Waals surface area (Å²) in [5.41, 5.74) is 2.58. The van der Waals surface area contributed by atoms with Gasteiger partial charge in [-0.1, -0.05) is 24.3 Å². The minimum Gasteiger partial charge on any atom is -0.393 e. The van der Waals surface area contributed by atoms with Crippen molar-refractivity contribution in [3.63, 3.8) is 0 Å². The van der Waals surface area contributed by atoms with Gasteiger partial charge in [-0.2, -0.15) is 0 Å². The molecule has 1 saturated carbocycles. The van der Waals surface area contributed by atoms with Gasteiger partial charge >= 0.3 is 0 Å². The van der Waals surface area contributed by atoms with Crippen LogP contribution in [0.2, 0.25) is 0 Å². The van der Waals surface area contributed by atoms with Crippen LogP contribution in [0.5, 0.6) is 0 Å². The van der Waals surface area contributed by atoms with Crippen molar-refractivity contribution >= 4 is 5.91 Å². The molecule has 1 aromatic rings. The van der Waals surface area contributed by atoms with Crippen molar-refractivity contribution in [3.05, 3.63) is 35.4 Å². The molecule has 0 aromatic heterocycles. The van der Waals surface area contributed by atoms with Crippen molar-refractivity contribution in [2.24, 2.45) is 5.92 Å². The van der Waals surface area contributed by atoms with Gasteiger partial charge in [0.1, 0.15) is 0 Å². The van der Waals surface area contributed by atoms with Crippen LogP contribution in [-0.2, 0) is 4.79 Å². The van der Waals surface area contributed by atoms with Crippen LogP contribution in [0.25, 0.3) is 0 Å². The summed E-state index contributed by atoms with van der Waals surface area (Å²) in [6.45, 7) is 4.49. The number of benzene rings is 1. The molecule has 0 bridgehead atoms. The molecule has 0 radical (unpaired) electrons. The second kappa shape index (κ2) is 5.74. The molecular weight excluding hydrogens is 238 g/mol. The Kier molecular flexibility index (Phi) is 4.25. The number of nitrogens with zero attached hydrogens (tertiary/aromatic N) is 1. The molecular formula is C16H23NO2.